The number of hydrogen-bond acceptors (Lipinski definition) is 4. The first-order valence-corrected chi connectivity index (χ1v) is 10.3. The molecule has 1 amide bonds. The van der Waals surface area contributed by atoms with Crippen LogP contribution in [0.15, 0.2) is 54.6 Å². The van der Waals surface area contributed by atoms with Crippen molar-refractivity contribution >= 4 is 23.2 Å². The van der Waals surface area contributed by atoms with Gasteiger partial charge in [-0.1, -0.05) is 54.1 Å². The summed E-state index contributed by atoms with van der Waals surface area (Å²) in [4.78, 5) is 20.0. The lowest BCUT2D eigenvalue weighted by atomic mass is 10.0. The van der Waals surface area contributed by atoms with E-state index >= 15 is 0 Å². The van der Waals surface area contributed by atoms with Gasteiger partial charge in [0.2, 0.25) is 5.91 Å². The topological polar surface area (TPSA) is 36.0 Å². The van der Waals surface area contributed by atoms with E-state index in [0.29, 0.717) is 26.3 Å². The Bertz CT molecular complexity index is 787. The van der Waals surface area contributed by atoms with Crippen LogP contribution in [-0.2, 0) is 9.53 Å². The Kier molecular flexibility index (Phi) is 6.15. The van der Waals surface area contributed by atoms with Crippen LogP contribution in [0, 0.1) is 0 Å². The number of nitrogens with zero attached hydrogens (tertiary/aromatic N) is 3. The van der Waals surface area contributed by atoms with E-state index < -0.39 is 0 Å². The van der Waals surface area contributed by atoms with Crippen LogP contribution < -0.4 is 4.90 Å². The molecule has 2 heterocycles. The summed E-state index contributed by atoms with van der Waals surface area (Å²) in [6.07, 6.45) is 0. The molecule has 0 aromatic heterocycles. The summed E-state index contributed by atoms with van der Waals surface area (Å²) < 4.78 is 5.43. The molecule has 6 heteroatoms. The average molecular weight is 400 g/mol. The molecule has 2 aromatic rings. The first-order chi connectivity index (χ1) is 13.7. The van der Waals surface area contributed by atoms with E-state index in [1.807, 2.05) is 41.3 Å². The molecule has 0 N–H and O–H groups in total. The molecule has 1 atom stereocenters. The largest absolute Gasteiger partial charge is 0.378 e. The van der Waals surface area contributed by atoms with Crippen molar-refractivity contribution in [2.24, 2.45) is 0 Å². The highest BCUT2D eigenvalue weighted by Gasteiger charge is 2.34. The van der Waals surface area contributed by atoms with E-state index in [1.165, 1.54) is 0 Å². The zero-order chi connectivity index (χ0) is 19.3. The lowest BCUT2D eigenvalue weighted by molar-refractivity contribution is -0.141. The van der Waals surface area contributed by atoms with Crippen LogP contribution in [0.5, 0.6) is 0 Å². The second-order valence-electron chi connectivity index (χ2n) is 7.23. The van der Waals surface area contributed by atoms with Crippen molar-refractivity contribution in [1.29, 1.82) is 0 Å². The predicted octanol–water partition coefficient (Wildman–Crippen LogP) is 3.06. The maximum atomic E-state index is 13.4. The van der Waals surface area contributed by atoms with Crippen LogP contribution in [0.3, 0.4) is 0 Å². The molecule has 4 rings (SSSR count). The molecule has 2 aliphatic heterocycles. The van der Waals surface area contributed by atoms with Crippen LogP contribution in [-0.4, -0.2) is 68.2 Å². The van der Waals surface area contributed by atoms with Gasteiger partial charge in [-0.05, 0) is 17.7 Å². The SMILES string of the molecule is O=C([C@@H](c1ccccc1)N1CCN(c2ccccc2Cl)CC1)N1CCOCC1. The Morgan fingerprint density at radius 2 is 1.50 bits per heavy atom. The van der Waals surface area contributed by atoms with E-state index in [4.69, 9.17) is 16.3 Å². The molecule has 0 unspecified atom stereocenters. The van der Waals surface area contributed by atoms with Crippen LogP contribution in [0.4, 0.5) is 5.69 Å². The van der Waals surface area contributed by atoms with Crippen molar-refractivity contribution in [3.05, 3.63) is 65.2 Å². The molecular weight excluding hydrogens is 374 g/mol. The summed E-state index contributed by atoms with van der Waals surface area (Å²) in [6, 6.07) is 17.8. The molecule has 0 aliphatic carbocycles. The zero-order valence-corrected chi connectivity index (χ0v) is 16.7. The summed E-state index contributed by atoms with van der Waals surface area (Å²) in [5.41, 5.74) is 2.13. The molecule has 0 saturated carbocycles. The number of para-hydroxylation sites is 1. The third-order valence-electron chi connectivity index (χ3n) is 5.54. The zero-order valence-electron chi connectivity index (χ0n) is 16.0. The van der Waals surface area contributed by atoms with E-state index in [2.05, 4.69) is 28.0 Å². The molecule has 5 nitrogen and oxygen atoms in total. The van der Waals surface area contributed by atoms with Crippen molar-refractivity contribution in [3.8, 4) is 0 Å². The van der Waals surface area contributed by atoms with Crippen LogP contribution in [0.2, 0.25) is 5.02 Å². The van der Waals surface area contributed by atoms with Crippen LogP contribution >= 0.6 is 11.6 Å². The number of benzene rings is 2. The molecule has 0 bridgehead atoms. The Hall–Kier alpha value is -2.08. The summed E-state index contributed by atoms with van der Waals surface area (Å²) >= 11 is 6.38. The van der Waals surface area contributed by atoms with E-state index in [0.717, 1.165) is 42.5 Å². The van der Waals surface area contributed by atoms with E-state index in [1.54, 1.807) is 0 Å². The molecular formula is C22H26ClN3O2. The van der Waals surface area contributed by atoms with Gasteiger partial charge < -0.3 is 14.5 Å². The highest BCUT2D eigenvalue weighted by Crippen LogP contribution is 2.29. The molecule has 2 aliphatic rings. The van der Waals surface area contributed by atoms with E-state index in [9.17, 15) is 4.79 Å². The predicted molar refractivity (Wildman–Crippen MR) is 112 cm³/mol. The lowest BCUT2D eigenvalue weighted by Gasteiger charge is -2.41. The molecule has 0 spiro atoms. The lowest BCUT2D eigenvalue weighted by Crippen LogP contribution is -2.53. The number of piperazine rings is 1. The van der Waals surface area contributed by atoms with Crippen molar-refractivity contribution in [1.82, 2.24) is 9.80 Å². The standard InChI is InChI=1S/C22H26ClN3O2/c23-19-8-4-5-9-20(19)24-10-12-25(13-11-24)21(18-6-2-1-3-7-18)22(27)26-14-16-28-17-15-26/h1-9,21H,10-17H2/t21-/m1/s1. The normalized spacial score (nSPS) is 19.5. The van der Waals surface area contributed by atoms with Crippen molar-refractivity contribution < 1.29 is 9.53 Å². The number of amides is 1. The number of carbonyl (C=O) groups excluding carboxylic acids is 1. The van der Waals surface area contributed by atoms with Gasteiger partial charge in [-0.15, -0.1) is 0 Å². The van der Waals surface area contributed by atoms with Gasteiger partial charge >= 0.3 is 0 Å². The fourth-order valence-electron chi connectivity index (χ4n) is 4.03. The monoisotopic (exact) mass is 399 g/mol. The van der Waals surface area contributed by atoms with E-state index in [-0.39, 0.29) is 11.9 Å². The maximum absolute atomic E-state index is 13.4. The highest BCUT2D eigenvalue weighted by molar-refractivity contribution is 6.33. The fraction of sp³-hybridized carbons (Fsp3) is 0.409. The van der Waals surface area contributed by atoms with Gasteiger partial charge in [-0.25, -0.2) is 0 Å². The van der Waals surface area contributed by atoms with Crippen molar-refractivity contribution in [2.45, 2.75) is 6.04 Å². The third-order valence-corrected chi connectivity index (χ3v) is 5.86. The first-order valence-electron chi connectivity index (χ1n) is 9.89. The van der Waals surface area contributed by atoms with Gasteiger partial charge in [0.15, 0.2) is 0 Å². The maximum Gasteiger partial charge on any atom is 0.244 e. The summed E-state index contributed by atoms with van der Waals surface area (Å²) in [5.74, 6) is 0.181. The summed E-state index contributed by atoms with van der Waals surface area (Å²) in [7, 11) is 0. The molecule has 2 fully saturated rings. The van der Waals surface area contributed by atoms with Gasteiger partial charge in [0, 0.05) is 39.3 Å². The number of halogens is 1. The number of anilines is 1. The number of ether oxygens (including phenoxy) is 1. The molecule has 148 valence electrons. The minimum atomic E-state index is -0.243. The quantitative estimate of drug-likeness (QED) is 0.791. The van der Waals surface area contributed by atoms with Crippen molar-refractivity contribution in [2.75, 3.05) is 57.4 Å². The number of hydrogen-bond donors (Lipinski definition) is 0. The molecule has 2 aromatic carbocycles. The third kappa shape index (κ3) is 4.17. The van der Waals surface area contributed by atoms with Crippen LogP contribution in [0.1, 0.15) is 11.6 Å². The van der Waals surface area contributed by atoms with Crippen LogP contribution in [0.25, 0.3) is 0 Å². The average Bonchev–Trinajstić information content (AvgIpc) is 2.76. The highest BCUT2D eigenvalue weighted by atomic mass is 35.5. The summed E-state index contributed by atoms with van der Waals surface area (Å²) in [6.45, 7) is 5.92. The number of morpholine rings is 1. The second-order valence-corrected chi connectivity index (χ2v) is 7.63. The number of rotatable bonds is 4. The minimum Gasteiger partial charge on any atom is -0.378 e. The summed E-state index contributed by atoms with van der Waals surface area (Å²) in [5, 5.41) is 0.778. The van der Waals surface area contributed by atoms with Crippen molar-refractivity contribution in [3.63, 3.8) is 0 Å². The molecule has 0 radical (unpaired) electrons. The van der Waals surface area contributed by atoms with Gasteiger partial charge in [0.1, 0.15) is 6.04 Å². The Morgan fingerprint density at radius 1 is 0.857 bits per heavy atom. The smallest absolute Gasteiger partial charge is 0.244 e. The molecule has 28 heavy (non-hydrogen) atoms. The Labute approximate surface area is 171 Å². The molecule has 2 saturated heterocycles. The first kappa shape index (κ1) is 19.2. The van der Waals surface area contributed by atoms with Gasteiger partial charge in [-0.3, -0.25) is 9.69 Å². The number of carbonyl (C=O) groups is 1. The van der Waals surface area contributed by atoms with Gasteiger partial charge in [-0.2, -0.15) is 0 Å². The Morgan fingerprint density at radius 3 is 2.18 bits per heavy atom. The van der Waals surface area contributed by atoms with Gasteiger partial charge in [0.05, 0.1) is 23.9 Å². The second kappa shape index (κ2) is 8.95. The fourth-order valence-corrected chi connectivity index (χ4v) is 4.29. The Balaban J connectivity index is 1.51. The minimum absolute atomic E-state index is 0.181. The van der Waals surface area contributed by atoms with Gasteiger partial charge in [0.25, 0.3) is 0 Å².